The highest BCUT2D eigenvalue weighted by Gasteiger charge is 2.27. The van der Waals surface area contributed by atoms with Crippen molar-refractivity contribution in [3.05, 3.63) is 99.8 Å². The fourth-order valence-corrected chi connectivity index (χ4v) is 3.13. The third-order valence-corrected chi connectivity index (χ3v) is 4.90. The molecule has 4 rings (SSSR count). The number of fused-ring (bicyclic) bond motifs is 1. The van der Waals surface area contributed by atoms with Crippen LogP contribution in [0.15, 0.2) is 72.5 Å². The van der Waals surface area contributed by atoms with Gasteiger partial charge in [-0.15, -0.1) is 0 Å². The predicted octanol–water partition coefficient (Wildman–Crippen LogP) is 6.10. The average molecular weight is 391 g/mol. The largest absolute Gasteiger partial charge is 0.489 e. The molecule has 140 valence electrons. The minimum absolute atomic E-state index is 0.112. The van der Waals surface area contributed by atoms with Gasteiger partial charge in [-0.3, -0.25) is 4.79 Å². The second-order valence-corrected chi connectivity index (χ2v) is 7.04. The number of halogens is 1. The zero-order valence-corrected chi connectivity index (χ0v) is 16.2. The topological polar surface area (TPSA) is 35.5 Å². The van der Waals surface area contributed by atoms with E-state index in [-0.39, 0.29) is 5.78 Å². The van der Waals surface area contributed by atoms with Gasteiger partial charge in [0, 0.05) is 11.1 Å². The van der Waals surface area contributed by atoms with Crippen molar-refractivity contribution < 1.29 is 14.3 Å². The summed E-state index contributed by atoms with van der Waals surface area (Å²) < 4.78 is 11.6. The second-order valence-electron chi connectivity index (χ2n) is 6.61. The molecule has 1 aliphatic rings. The highest BCUT2D eigenvalue weighted by molar-refractivity contribution is 6.30. The normalized spacial score (nSPS) is 14.1. The van der Waals surface area contributed by atoms with E-state index in [2.05, 4.69) is 19.1 Å². The van der Waals surface area contributed by atoms with Gasteiger partial charge in [-0.2, -0.15) is 0 Å². The van der Waals surface area contributed by atoms with E-state index in [4.69, 9.17) is 21.1 Å². The molecule has 0 saturated carbocycles. The number of carbonyl (C=O) groups excluding carboxylic acids is 1. The lowest BCUT2D eigenvalue weighted by molar-refractivity contribution is 0.101. The van der Waals surface area contributed by atoms with Gasteiger partial charge in [-0.05, 0) is 53.5 Å². The quantitative estimate of drug-likeness (QED) is 0.494. The standard InChI is InChI=1S/C24H19ClO3/c1-2-16-3-5-17(6-4-16)13-23-24(26)21-12-11-20(14-22(21)28-23)27-15-18-7-9-19(25)10-8-18/h3-14H,2,15H2,1H3/b23-13+. The lowest BCUT2D eigenvalue weighted by Crippen LogP contribution is -1.98. The van der Waals surface area contributed by atoms with Gasteiger partial charge < -0.3 is 9.47 Å². The summed E-state index contributed by atoms with van der Waals surface area (Å²) in [5.41, 5.74) is 3.76. The van der Waals surface area contributed by atoms with Crippen LogP contribution in [0.4, 0.5) is 0 Å². The molecule has 1 aliphatic heterocycles. The van der Waals surface area contributed by atoms with Gasteiger partial charge in [-0.25, -0.2) is 0 Å². The summed E-state index contributed by atoms with van der Waals surface area (Å²) in [6.45, 7) is 2.52. The number of aryl methyl sites for hydroxylation is 1. The van der Waals surface area contributed by atoms with Gasteiger partial charge in [0.05, 0.1) is 5.56 Å². The Hall–Kier alpha value is -3.04. The van der Waals surface area contributed by atoms with Crippen molar-refractivity contribution in [2.45, 2.75) is 20.0 Å². The van der Waals surface area contributed by atoms with Crippen LogP contribution in [0, 0.1) is 0 Å². The Labute approximate surface area is 169 Å². The third kappa shape index (κ3) is 3.95. The maximum Gasteiger partial charge on any atom is 0.231 e. The maximum atomic E-state index is 12.6. The van der Waals surface area contributed by atoms with Crippen LogP contribution in [-0.4, -0.2) is 5.78 Å². The Morgan fingerprint density at radius 1 is 0.964 bits per heavy atom. The van der Waals surface area contributed by atoms with Crippen molar-refractivity contribution in [3.8, 4) is 11.5 Å². The Balaban J connectivity index is 1.49. The maximum absolute atomic E-state index is 12.6. The molecular formula is C24H19ClO3. The van der Waals surface area contributed by atoms with E-state index in [1.165, 1.54) is 5.56 Å². The molecule has 4 heteroatoms. The fourth-order valence-electron chi connectivity index (χ4n) is 3.01. The van der Waals surface area contributed by atoms with Gasteiger partial charge in [-0.1, -0.05) is 54.9 Å². The summed E-state index contributed by atoms with van der Waals surface area (Å²) in [5.74, 6) is 1.39. The molecule has 0 amide bonds. The molecular weight excluding hydrogens is 372 g/mol. The molecule has 0 bridgehead atoms. The van der Waals surface area contributed by atoms with Crippen LogP contribution in [0.25, 0.3) is 6.08 Å². The Kier molecular flexibility index (Phi) is 5.18. The molecule has 0 atom stereocenters. The van der Waals surface area contributed by atoms with Crippen LogP contribution >= 0.6 is 11.6 Å². The molecule has 0 N–H and O–H groups in total. The number of hydrogen-bond acceptors (Lipinski definition) is 3. The summed E-state index contributed by atoms with van der Waals surface area (Å²) in [6, 6.07) is 20.9. The number of rotatable bonds is 5. The van der Waals surface area contributed by atoms with Gasteiger partial charge in [0.1, 0.15) is 18.1 Å². The third-order valence-electron chi connectivity index (χ3n) is 4.65. The van der Waals surface area contributed by atoms with Crippen LogP contribution in [0.2, 0.25) is 5.02 Å². The summed E-state index contributed by atoms with van der Waals surface area (Å²) in [4.78, 5) is 12.6. The molecule has 0 aliphatic carbocycles. The van der Waals surface area contributed by atoms with Gasteiger partial charge in [0.15, 0.2) is 5.76 Å². The van der Waals surface area contributed by atoms with Crippen molar-refractivity contribution in [1.82, 2.24) is 0 Å². The van der Waals surface area contributed by atoms with Crippen LogP contribution in [0.1, 0.15) is 34.0 Å². The Morgan fingerprint density at radius 3 is 2.39 bits per heavy atom. The van der Waals surface area contributed by atoms with E-state index in [1.807, 2.05) is 36.4 Å². The molecule has 0 spiro atoms. The molecule has 0 aromatic heterocycles. The summed E-state index contributed by atoms with van der Waals surface area (Å²) in [5, 5.41) is 0.692. The summed E-state index contributed by atoms with van der Waals surface area (Å²) >= 11 is 5.90. The number of allylic oxidation sites excluding steroid dienone is 1. The van der Waals surface area contributed by atoms with Gasteiger partial charge >= 0.3 is 0 Å². The number of carbonyl (C=O) groups is 1. The molecule has 0 fully saturated rings. The first-order chi connectivity index (χ1) is 13.6. The van der Waals surface area contributed by atoms with E-state index in [0.29, 0.717) is 34.5 Å². The first kappa shape index (κ1) is 18.3. The second kappa shape index (κ2) is 7.91. The average Bonchev–Trinajstić information content (AvgIpc) is 3.03. The van der Waals surface area contributed by atoms with E-state index >= 15 is 0 Å². The molecule has 0 unspecified atom stereocenters. The van der Waals surface area contributed by atoms with Crippen molar-refractivity contribution in [3.63, 3.8) is 0 Å². The number of ketones is 1. The first-order valence-corrected chi connectivity index (χ1v) is 9.54. The van der Waals surface area contributed by atoms with Crippen molar-refractivity contribution in [2.24, 2.45) is 0 Å². The lowest BCUT2D eigenvalue weighted by Gasteiger charge is -2.07. The number of hydrogen-bond donors (Lipinski definition) is 0. The molecule has 28 heavy (non-hydrogen) atoms. The number of ether oxygens (including phenoxy) is 2. The van der Waals surface area contributed by atoms with Crippen LogP contribution in [0.3, 0.4) is 0 Å². The molecule has 1 heterocycles. The number of benzene rings is 3. The highest BCUT2D eigenvalue weighted by atomic mass is 35.5. The van der Waals surface area contributed by atoms with Crippen molar-refractivity contribution in [2.75, 3.05) is 0 Å². The summed E-state index contributed by atoms with van der Waals surface area (Å²) in [7, 11) is 0. The van der Waals surface area contributed by atoms with E-state index in [9.17, 15) is 4.79 Å². The van der Waals surface area contributed by atoms with Crippen molar-refractivity contribution >= 4 is 23.5 Å². The lowest BCUT2D eigenvalue weighted by atomic mass is 10.1. The minimum Gasteiger partial charge on any atom is -0.489 e. The highest BCUT2D eigenvalue weighted by Crippen LogP contribution is 2.35. The SMILES string of the molecule is CCc1ccc(/C=C2/Oc3cc(OCc4ccc(Cl)cc4)ccc3C2=O)cc1. The van der Waals surface area contributed by atoms with Crippen molar-refractivity contribution in [1.29, 1.82) is 0 Å². The van der Waals surface area contributed by atoms with E-state index < -0.39 is 0 Å². The zero-order valence-electron chi connectivity index (χ0n) is 15.4. The monoisotopic (exact) mass is 390 g/mol. The first-order valence-electron chi connectivity index (χ1n) is 9.17. The fraction of sp³-hybridized carbons (Fsp3) is 0.125. The van der Waals surface area contributed by atoms with E-state index in [1.54, 1.807) is 24.3 Å². The van der Waals surface area contributed by atoms with Gasteiger partial charge in [0.25, 0.3) is 0 Å². The Morgan fingerprint density at radius 2 is 1.68 bits per heavy atom. The smallest absolute Gasteiger partial charge is 0.231 e. The zero-order chi connectivity index (χ0) is 19.5. The Bertz CT molecular complexity index is 1030. The van der Waals surface area contributed by atoms with Gasteiger partial charge in [0.2, 0.25) is 5.78 Å². The molecule has 3 aromatic rings. The molecule has 0 radical (unpaired) electrons. The predicted molar refractivity (Wildman–Crippen MR) is 111 cm³/mol. The molecule has 3 nitrogen and oxygen atoms in total. The molecule has 3 aromatic carbocycles. The van der Waals surface area contributed by atoms with Crippen LogP contribution < -0.4 is 9.47 Å². The summed E-state index contributed by atoms with van der Waals surface area (Å²) in [6.07, 6.45) is 2.76. The minimum atomic E-state index is -0.112. The van der Waals surface area contributed by atoms with Crippen LogP contribution in [-0.2, 0) is 13.0 Å². The van der Waals surface area contributed by atoms with E-state index in [0.717, 1.165) is 17.5 Å². The number of Topliss-reactive ketones (excluding diaryl/α,β-unsaturated/α-hetero) is 1. The molecule has 0 saturated heterocycles. The van der Waals surface area contributed by atoms with Crippen LogP contribution in [0.5, 0.6) is 11.5 Å².